The molecule has 9 N–H and O–H groups in total. The third-order valence-corrected chi connectivity index (χ3v) is 12.4. The van der Waals surface area contributed by atoms with E-state index >= 15 is 0 Å². The van der Waals surface area contributed by atoms with Crippen LogP contribution in [-0.2, 0) is 62.6 Å². The number of hydrogen-bond acceptors (Lipinski definition) is 16. The van der Waals surface area contributed by atoms with Crippen LogP contribution in [0.25, 0.3) is 0 Å². The molecule has 88 heavy (non-hydrogen) atoms. The Bertz CT molecular complexity index is 2300. The number of alkyl carbamates (subject to hydrolysis) is 6. The Morgan fingerprint density at radius 3 is 0.830 bits per heavy atom. The standard InChI is InChI=1S/C63H96N10O15/c1-61(2,3)86-58(80)70-49(31-19-22-34-67-55(77)83-43-46-25-13-10-14-26-46)52(74)64-37-40-73(41-38-65-53(75)50(71-59(81)87-62(4,5)6)32-20-23-35-68-56(78)84-44-47-27-15-11-16-28-47)42-39-66-54(76)51(72-60(82)88-63(7,8)9)33-21-24-36-69-57(79)85-45-48-29-17-12-18-30-48/h10-18,25-30,49-51H,19-24,31-45H2,1-9H3,(H,64,74)(H,65,75)(H,66,76)(H,67,77)(H,68,78)(H,69,79)(H,70,80)(H,71,81)(H,72,82)/t49-,50-,51-/m0/s1. The molecular formula is C63H96N10O15. The molecule has 0 radical (unpaired) electrons. The van der Waals surface area contributed by atoms with Crippen LogP contribution in [0, 0.1) is 0 Å². The topological polar surface area (TPSA) is 321 Å². The minimum atomic E-state index is -1.02. The van der Waals surface area contributed by atoms with Gasteiger partial charge in [0.1, 0.15) is 54.7 Å². The fraction of sp³-hybridized carbons (Fsp3) is 0.571. The quantitative estimate of drug-likeness (QED) is 0.0200. The molecule has 0 saturated heterocycles. The predicted molar refractivity (Wildman–Crippen MR) is 330 cm³/mol. The Hall–Kier alpha value is -8.35. The van der Waals surface area contributed by atoms with Crippen molar-refractivity contribution in [1.82, 2.24) is 52.8 Å². The summed E-state index contributed by atoms with van der Waals surface area (Å²) in [5.41, 5.74) is -0.0550. The average molecular weight is 1230 g/mol. The lowest BCUT2D eigenvalue weighted by Crippen LogP contribution is -2.52. The molecule has 3 aromatic rings. The van der Waals surface area contributed by atoms with E-state index in [2.05, 4.69) is 47.9 Å². The molecule has 3 aromatic carbocycles. The Balaban J connectivity index is 1.71. The van der Waals surface area contributed by atoms with Crippen molar-refractivity contribution < 1.29 is 71.6 Å². The molecule has 0 bridgehead atoms. The maximum atomic E-state index is 13.9. The number of amides is 9. The van der Waals surface area contributed by atoms with E-state index in [4.69, 9.17) is 28.4 Å². The first-order valence-electron chi connectivity index (χ1n) is 30.1. The highest BCUT2D eigenvalue weighted by molar-refractivity contribution is 5.87. The van der Waals surface area contributed by atoms with E-state index in [9.17, 15) is 43.2 Å². The molecule has 0 aromatic heterocycles. The molecule has 0 spiro atoms. The third kappa shape index (κ3) is 36.6. The number of benzene rings is 3. The predicted octanol–water partition coefficient (Wildman–Crippen LogP) is 7.61. The second-order valence-electron chi connectivity index (χ2n) is 23.8. The molecule has 488 valence electrons. The van der Waals surface area contributed by atoms with Crippen molar-refractivity contribution in [2.45, 2.75) is 175 Å². The van der Waals surface area contributed by atoms with Crippen LogP contribution in [0.3, 0.4) is 0 Å². The number of nitrogens with zero attached hydrogens (tertiary/aromatic N) is 1. The van der Waals surface area contributed by atoms with Gasteiger partial charge in [0.05, 0.1) is 0 Å². The van der Waals surface area contributed by atoms with Gasteiger partial charge in [0.2, 0.25) is 17.7 Å². The number of hydrogen-bond donors (Lipinski definition) is 9. The molecule has 0 fully saturated rings. The number of rotatable bonds is 36. The molecule has 3 atom stereocenters. The molecular weight excluding hydrogens is 1140 g/mol. The summed E-state index contributed by atoms with van der Waals surface area (Å²) in [5.74, 6) is -1.52. The van der Waals surface area contributed by atoms with Crippen LogP contribution in [-0.4, -0.2) is 153 Å². The summed E-state index contributed by atoms with van der Waals surface area (Å²) in [6, 6.07) is 24.6. The largest absolute Gasteiger partial charge is 0.445 e. The zero-order valence-electron chi connectivity index (χ0n) is 52.8. The first kappa shape index (κ1) is 73.9. The van der Waals surface area contributed by atoms with E-state index in [-0.39, 0.29) is 98.0 Å². The van der Waals surface area contributed by atoms with E-state index in [1.807, 2.05) is 95.9 Å². The summed E-state index contributed by atoms with van der Waals surface area (Å²) < 4.78 is 32.3. The summed E-state index contributed by atoms with van der Waals surface area (Å²) in [6.45, 7) is 17.1. The van der Waals surface area contributed by atoms with Crippen molar-refractivity contribution in [2.24, 2.45) is 0 Å². The highest BCUT2D eigenvalue weighted by Crippen LogP contribution is 2.13. The number of carbonyl (C=O) groups is 9. The Kier molecular flexibility index (Phi) is 33.7. The van der Waals surface area contributed by atoms with Crippen LogP contribution in [0.2, 0.25) is 0 Å². The molecule has 0 aliphatic carbocycles. The summed E-state index contributed by atoms with van der Waals surface area (Å²) in [7, 11) is 0. The van der Waals surface area contributed by atoms with Crippen molar-refractivity contribution in [3.63, 3.8) is 0 Å². The summed E-state index contributed by atoms with van der Waals surface area (Å²) in [6.07, 6.45) is -0.941. The minimum absolute atomic E-state index is 0.0509. The molecule has 0 aliphatic rings. The van der Waals surface area contributed by atoms with Gasteiger partial charge in [-0.25, -0.2) is 28.8 Å². The monoisotopic (exact) mass is 1230 g/mol. The van der Waals surface area contributed by atoms with E-state index in [0.29, 0.717) is 38.5 Å². The number of nitrogens with one attached hydrogen (secondary N) is 9. The van der Waals surface area contributed by atoms with Crippen LogP contribution in [0.5, 0.6) is 0 Å². The lowest BCUT2D eigenvalue weighted by atomic mass is 10.1. The van der Waals surface area contributed by atoms with Gasteiger partial charge in [0, 0.05) is 58.9 Å². The van der Waals surface area contributed by atoms with Crippen molar-refractivity contribution >= 4 is 54.3 Å². The number of carbonyl (C=O) groups excluding carboxylic acids is 9. The molecule has 0 aliphatic heterocycles. The lowest BCUT2D eigenvalue weighted by molar-refractivity contribution is -0.123. The first-order chi connectivity index (χ1) is 41.7. The van der Waals surface area contributed by atoms with Gasteiger partial charge < -0.3 is 76.3 Å². The van der Waals surface area contributed by atoms with Gasteiger partial charge in [-0.2, -0.15) is 0 Å². The molecule has 0 unspecified atom stereocenters. The smallest absolute Gasteiger partial charge is 0.408 e. The lowest BCUT2D eigenvalue weighted by Gasteiger charge is -2.26. The SMILES string of the molecule is CC(C)(C)OC(=O)N[C@@H](CCCCNC(=O)OCc1ccccc1)C(=O)NCCN(CCNC(=O)[C@H](CCCCNC(=O)OCc1ccccc1)NC(=O)OC(C)(C)C)CCNC(=O)[C@H](CCCCNC(=O)OCc1ccccc1)NC(=O)OC(C)(C)C. The van der Waals surface area contributed by atoms with Crippen LogP contribution >= 0.6 is 0 Å². The van der Waals surface area contributed by atoms with Crippen LogP contribution in [0.1, 0.15) is 137 Å². The second-order valence-corrected chi connectivity index (χ2v) is 23.8. The fourth-order valence-electron chi connectivity index (χ4n) is 8.19. The zero-order chi connectivity index (χ0) is 64.8. The minimum Gasteiger partial charge on any atom is -0.445 e. The van der Waals surface area contributed by atoms with Gasteiger partial charge in [0.25, 0.3) is 0 Å². The van der Waals surface area contributed by atoms with E-state index in [1.165, 1.54) is 0 Å². The van der Waals surface area contributed by atoms with Gasteiger partial charge in [-0.3, -0.25) is 19.3 Å². The van der Waals surface area contributed by atoms with Gasteiger partial charge in [-0.15, -0.1) is 0 Å². The Morgan fingerprint density at radius 2 is 0.591 bits per heavy atom. The third-order valence-electron chi connectivity index (χ3n) is 12.4. The van der Waals surface area contributed by atoms with Crippen molar-refractivity contribution in [3.05, 3.63) is 108 Å². The number of unbranched alkanes of at least 4 members (excludes halogenated alkanes) is 3. The summed E-state index contributed by atoms with van der Waals surface area (Å²) >= 11 is 0. The molecule has 9 amide bonds. The Morgan fingerprint density at radius 1 is 0.341 bits per heavy atom. The highest BCUT2D eigenvalue weighted by atomic mass is 16.6. The maximum absolute atomic E-state index is 13.9. The van der Waals surface area contributed by atoms with Crippen molar-refractivity contribution in [1.29, 1.82) is 0 Å². The zero-order valence-corrected chi connectivity index (χ0v) is 52.8. The normalized spacial score (nSPS) is 12.3. The average Bonchev–Trinajstić information content (AvgIpc) is 3.46. The van der Waals surface area contributed by atoms with E-state index < -0.39 is 89.2 Å². The number of ether oxygens (including phenoxy) is 6. The second kappa shape index (κ2) is 40.2. The first-order valence-corrected chi connectivity index (χ1v) is 30.1. The summed E-state index contributed by atoms with van der Waals surface area (Å²) in [5, 5.41) is 24.8. The van der Waals surface area contributed by atoms with Gasteiger partial charge in [-0.05, 0) is 137 Å². The highest BCUT2D eigenvalue weighted by Gasteiger charge is 2.28. The van der Waals surface area contributed by atoms with Crippen LogP contribution in [0.4, 0.5) is 28.8 Å². The van der Waals surface area contributed by atoms with Crippen molar-refractivity contribution in [2.75, 3.05) is 58.9 Å². The van der Waals surface area contributed by atoms with Gasteiger partial charge in [-0.1, -0.05) is 91.0 Å². The van der Waals surface area contributed by atoms with Gasteiger partial charge >= 0.3 is 36.6 Å². The van der Waals surface area contributed by atoms with Crippen molar-refractivity contribution in [3.8, 4) is 0 Å². The Labute approximate surface area is 518 Å². The molecule has 3 rings (SSSR count). The van der Waals surface area contributed by atoms with Crippen LogP contribution < -0.4 is 47.9 Å². The van der Waals surface area contributed by atoms with E-state index in [0.717, 1.165) is 16.7 Å². The summed E-state index contributed by atoms with van der Waals surface area (Å²) in [4.78, 5) is 119. The fourth-order valence-corrected chi connectivity index (χ4v) is 8.19. The molecule has 25 heteroatoms. The molecule has 0 saturated carbocycles. The molecule has 0 heterocycles. The van der Waals surface area contributed by atoms with Gasteiger partial charge in [0.15, 0.2) is 0 Å². The molecule has 25 nitrogen and oxygen atoms in total. The van der Waals surface area contributed by atoms with Crippen LogP contribution in [0.15, 0.2) is 91.0 Å². The van der Waals surface area contributed by atoms with E-state index in [1.54, 1.807) is 62.3 Å². The maximum Gasteiger partial charge on any atom is 0.408 e.